The molecule has 0 N–H and O–H groups in total. The van der Waals surface area contributed by atoms with Crippen molar-refractivity contribution in [3.8, 4) is 0 Å². The van der Waals surface area contributed by atoms with E-state index >= 15 is 0 Å². The van der Waals surface area contributed by atoms with Crippen molar-refractivity contribution >= 4 is 28.0 Å². The fraction of sp³-hybridized carbons (Fsp3) is 0.400. The molecule has 1 fully saturated rings. The average Bonchev–Trinajstić information content (AvgIpc) is 3.19. The van der Waals surface area contributed by atoms with E-state index in [1.54, 1.807) is 0 Å². The number of fused-ring (bicyclic) bond motifs is 3. The lowest BCUT2D eigenvalue weighted by molar-refractivity contribution is 0.818. The van der Waals surface area contributed by atoms with Crippen LogP contribution in [0.4, 0.5) is 0 Å². The molecule has 1 aliphatic carbocycles. The number of hydrogen-bond donors (Lipinski definition) is 0. The summed E-state index contributed by atoms with van der Waals surface area (Å²) in [5.74, 6) is 1.91. The zero-order valence-corrected chi connectivity index (χ0v) is 12.2. The van der Waals surface area contributed by atoms with Gasteiger partial charge < -0.3 is 0 Å². The fourth-order valence-electron chi connectivity index (χ4n) is 2.58. The van der Waals surface area contributed by atoms with Crippen LogP contribution in [0.3, 0.4) is 0 Å². The maximum absolute atomic E-state index is 6.38. The Labute approximate surface area is 121 Å². The number of rotatable bonds is 2. The lowest BCUT2D eigenvalue weighted by Crippen LogP contribution is -1.99. The molecule has 0 unspecified atom stereocenters. The third kappa shape index (κ3) is 1.71. The highest BCUT2D eigenvalue weighted by Crippen LogP contribution is 2.39. The van der Waals surface area contributed by atoms with Crippen LogP contribution in [0.1, 0.15) is 49.9 Å². The summed E-state index contributed by atoms with van der Waals surface area (Å²) >= 11 is 6.38. The van der Waals surface area contributed by atoms with Gasteiger partial charge in [0.15, 0.2) is 16.6 Å². The molecule has 4 rings (SSSR count). The first-order valence-corrected chi connectivity index (χ1v) is 7.37. The van der Waals surface area contributed by atoms with Crippen molar-refractivity contribution in [3.05, 3.63) is 34.7 Å². The van der Waals surface area contributed by atoms with Gasteiger partial charge in [-0.15, -0.1) is 10.2 Å². The molecule has 0 saturated heterocycles. The van der Waals surface area contributed by atoms with E-state index in [2.05, 4.69) is 47.3 Å². The van der Waals surface area contributed by atoms with Crippen LogP contribution in [0.25, 0.3) is 16.4 Å². The second-order valence-electron chi connectivity index (χ2n) is 5.82. The molecule has 0 bridgehead atoms. The summed E-state index contributed by atoms with van der Waals surface area (Å²) in [6.07, 6.45) is 2.34. The summed E-state index contributed by atoms with van der Waals surface area (Å²) in [5, 5.41) is 15.6. The Morgan fingerprint density at radius 2 is 2.00 bits per heavy atom. The van der Waals surface area contributed by atoms with Crippen LogP contribution in [0, 0.1) is 0 Å². The van der Waals surface area contributed by atoms with E-state index < -0.39 is 0 Å². The number of aromatic nitrogens is 4. The predicted molar refractivity (Wildman–Crippen MR) is 79.4 cm³/mol. The van der Waals surface area contributed by atoms with Crippen molar-refractivity contribution in [3.63, 3.8) is 0 Å². The van der Waals surface area contributed by atoms with Gasteiger partial charge in [-0.1, -0.05) is 37.6 Å². The normalized spacial score (nSPS) is 15.6. The molecule has 1 saturated carbocycles. The minimum absolute atomic E-state index is 0.464. The van der Waals surface area contributed by atoms with Gasteiger partial charge in [0.2, 0.25) is 0 Å². The molecule has 0 radical (unpaired) electrons. The number of benzene rings is 1. The lowest BCUT2D eigenvalue weighted by Gasteiger charge is -2.08. The van der Waals surface area contributed by atoms with E-state index in [-0.39, 0.29) is 0 Å². The highest BCUT2D eigenvalue weighted by molar-refractivity contribution is 6.34. The van der Waals surface area contributed by atoms with Crippen LogP contribution in [0.2, 0.25) is 5.15 Å². The van der Waals surface area contributed by atoms with Crippen molar-refractivity contribution in [1.82, 2.24) is 19.8 Å². The molecule has 20 heavy (non-hydrogen) atoms. The van der Waals surface area contributed by atoms with Crippen LogP contribution >= 0.6 is 11.6 Å². The second kappa shape index (κ2) is 4.16. The largest absolute Gasteiger partial charge is 0.195 e. The Balaban J connectivity index is 2.04. The van der Waals surface area contributed by atoms with Crippen LogP contribution in [0.15, 0.2) is 18.2 Å². The third-order valence-corrected chi connectivity index (χ3v) is 4.25. The molecular weight excluding hydrogens is 272 g/mol. The zero-order valence-electron chi connectivity index (χ0n) is 11.5. The van der Waals surface area contributed by atoms with Gasteiger partial charge in [0.25, 0.3) is 0 Å². The van der Waals surface area contributed by atoms with Crippen molar-refractivity contribution in [2.45, 2.75) is 38.5 Å². The SMILES string of the molecule is CC(C)c1ccc2c(c1)c(Cl)nn1c(C3CC3)nnc21. The van der Waals surface area contributed by atoms with Gasteiger partial charge >= 0.3 is 0 Å². The van der Waals surface area contributed by atoms with Crippen LogP contribution in [0.5, 0.6) is 0 Å². The molecule has 1 aromatic carbocycles. The number of hydrogen-bond acceptors (Lipinski definition) is 3. The van der Waals surface area contributed by atoms with Gasteiger partial charge in [-0.2, -0.15) is 9.61 Å². The number of nitrogens with zero attached hydrogens (tertiary/aromatic N) is 4. The number of halogens is 1. The first-order valence-electron chi connectivity index (χ1n) is 6.99. The smallest absolute Gasteiger partial charge is 0.185 e. The van der Waals surface area contributed by atoms with E-state index in [1.165, 1.54) is 18.4 Å². The second-order valence-corrected chi connectivity index (χ2v) is 6.18. The Kier molecular flexibility index (Phi) is 2.51. The van der Waals surface area contributed by atoms with Crippen LogP contribution in [-0.4, -0.2) is 19.8 Å². The van der Waals surface area contributed by atoms with Gasteiger partial charge in [-0.3, -0.25) is 0 Å². The van der Waals surface area contributed by atoms with Gasteiger partial charge in [-0.25, -0.2) is 0 Å². The molecule has 2 heterocycles. The summed E-state index contributed by atoms with van der Waals surface area (Å²) in [6.45, 7) is 4.34. The molecule has 1 aliphatic rings. The highest BCUT2D eigenvalue weighted by atomic mass is 35.5. The Morgan fingerprint density at radius 1 is 1.20 bits per heavy atom. The Morgan fingerprint density at radius 3 is 2.70 bits per heavy atom. The molecule has 0 atom stereocenters. The minimum Gasteiger partial charge on any atom is -0.195 e. The highest BCUT2D eigenvalue weighted by Gasteiger charge is 2.30. The maximum atomic E-state index is 6.38. The van der Waals surface area contributed by atoms with E-state index in [4.69, 9.17) is 11.6 Å². The predicted octanol–water partition coefficient (Wildman–Crippen LogP) is 3.93. The van der Waals surface area contributed by atoms with E-state index in [1.807, 2.05) is 4.52 Å². The fourth-order valence-corrected chi connectivity index (χ4v) is 2.81. The molecule has 102 valence electrons. The van der Waals surface area contributed by atoms with Gasteiger partial charge in [0, 0.05) is 16.7 Å². The van der Waals surface area contributed by atoms with Gasteiger partial charge in [-0.05, 0) is 30.4 Å². The van der Waals surface area contributed by atoms with Crippen LogP contribution < -0.4 is 0 Å². The monoisotopic (exact) mass is 286 g/mol. The van der Waals surface area contributed by atoms with Gasteiger partial charge in [0.1, 0.15) is 0 Å². The van der Waals surface area contributed by atoms with E-state index in [9.17, 15) is 0 Å². The molecule has 4 nitrogen and oxygen atoms in total. The van der Waals surface area contributed by atoms with Crippen molar-refractivity contribution in [1.29, 1.82) is 0 Å². The summed E-state index contributed by atoms with van der Waals surface area (Å²) in [5.41, 5.74) is 2.06. The average molecular weight is 287 g/mol. The van der Waals surface area contributed by atoms with Crippen molar-refractivity contribution in [2.75, 3.05) is 0 Å². The zero-order chi connectivity index (χ0) is 13.9. The molecule has 3 aromatic rings. The third-order valence-electron chi connectivity index (χ3n) is 3.97. The first-order chi connectivity index (χ1) is 9.65. The van der Waals surface area contributed by atoms with Gasteiger partial charge in [0.05, 0.1) is 0 Å². The molecule has 0 spiro atoms. The molecule has 0 aliphatic heterocycles. The maximum Gasteiger partial charge on any atom is 0.185 e. The summed E-state index contributed by atoms with van der Waals surface area (Å²) in [6, 6.07) is 6.33. The minimum atomic E-state index is 0.464. The molecule has 2 aromatic heterocycles. The topological polar surface area (TPSA) is 43.1 Å². The standard InChI is InChI=1S/C15H15ClN4/c1-8(2)10-5-6-11-12(7-10)13(16)19-20-14(9-3-4-9)17-18-15(11)20/h5-9H,3-4H2,1-2H3. The molecular formula is C15H15ClN4. The summed E-state index contributed by atoms with van der Waals surface area (Å²) < 4.78 is 1.82. The van der Waals surface area contributed by atoms with Crippen LogP contribution in [-0.2, 0) is 0 Å². The van der Waals surface area contributed by atoms with E-state index in [0.29, 0.717) is 17.0 Å². The summed E-state index contributed by atoms with van der Waals surface area (Å²) in [4.78, 5) is 0. The Bertz CT molecular complexity index is 817. The molecule has 5 heteroatoms. The summed E-state index contributed by atoms with van der Waals surface area (Å²) in [7, 11) is 0. The lowest BCUT2D eigenvalue weighted by atomic mass is 10.0. The van der Waals surface area contributed by atoms with E-state index in [0.717, 1.165) is 22.2 Å². The molecule has 0 amide bonds. The van der Waals surface area contributed by atoms with Crippen molar-refractivity contribution in [2.24, 2.45) is 0 Å². The first kappa shape index (κ1) is 12.1. The van der Waals surface area contributed by atoms with Crippen molar-refractivity contribution < 1.29 is 0 Å². The quantitative estimate of drug-likeness (QED) is 0.717. The Hall–Kier alpha value is -1.68.